The third-order valence-electron chi connectivity index (χ3n) is 5.79. The molecule has 6 nitrogen and oxygen atoms in total. The van der Waals surface area contributed by atoms with Crippen LogP contribution in [0.2, 0.25) is 0 Å². The lowest BCUT2D eigenvalue weighted by atomic mass is 9.77. The second-order valence-electron chi connectivity index (χ2n) is 9.25. The molecular weight excluding hydrogens is 402 g/mol. The molecule has 1 aliphatic carbocycles. The van der Waals surface area contributed by atoms with Crippen molar-refractivity contribution in [1.29, 1.82) is 0 Å². The lowest BCUT2D eigenvalue weighted by Gasteiger charge is -2.44. The molecule has 0 aromatic heterocycles. The Morgan fingerprint density at radius 3 is 2.16 bits per heavy atom. The summed E-state index contributed by atoms with van der Waals surface area (Å²) in [6.07, 6.45) is 1.06. The first kappa shape index (κ1) is 23.8. The number of aryl methyl sites for hydroxylation is 1. The average molecular weight is 438 g/mol. The summed E-state index contributed by atoms with van der Waals surface area (Å²) in [5.41, 5.74) is 1.32. The van der Waals surface area contributed by atoms with Crippen LogP contribution in [0.5, 0.6) is 0 Å². The number of amides is 2. The highest BCUT2D eigenvalue weighted by Gasteiger charge is 2.47. The van der Waals surface area contributed by atoms with Crippen LogP contribution in [0.4, 0.5) is 10.5 Å². The van der Waals surface area contributed by atoms with Gasteiger partial charge in [-0.15, -0.1) is 0 Å². The first-order valence-corrected chi connectivity index (χ1v) is 11.4. The monoisotopic (exact) mass is 437 g/mol. The number of anilines is 1. The van der Waals surface area contributed by atoms with Gasteiger partial charge >= 0.3 is 6.09 Å². The van der Waals surface area contributed by atoms with E-state index >= 15 is 0 Å². The van der Waals surface area contributed by atoms with Crippen molar-refractivity contribution < 1.29 is 14.3 Å². The molecule has 0 fully saturated rings. The zero-order valence-corrected chi connectivity index (χ0v) is 19.9. The second-order valence-corrected chi connectivity index (χ2v) is 9.25. The Labute approximate surface area is 191 Å². The van der Waals surface area contributed by atoms with Crippen molar-refractivity contribution in [1.82, 2.24) is 10.3 Å². The van der Waals surface area contributed by atoms with Gasteiger partial charge < -0.3 is 10.1 Å². The van der Waals surface area contributed by atoms with Crippen LogP contribution < -0.4 is 10.3 Å². The van der Waals surface area contributed by atoms with Gasteiger partial charge in [-0.1, -0.05) is 56.3 Å². The van der Waals surface area contributed by atoms with E-state index in [4.69, 9.17) is 4.74 Å². The number of nitrogens with one attached hydrogen (secondary N) is 1. The second kappa shape index (κ2) is 9.74. The van der Waals surface area contributed by atoms with E-state index in [1.807, 2.05) is 88.2 Å². The Morgan fingerprint density at radius 1 is 0.969 bits per heavy atom. The van der Waals surface area contributed by atoms with E-state index in [0.29, 0.717) is 32.4 Å². The number of carbonyl (C=O) groups excluding carboxylic acids is 2. The molecule has 3 rings (SSSR count). The smallest absolute Gasteiger partial charge is 0.408 e. The number of rotatable bonds is 6. The number of nitrogens with zero attached hydrogens (tertiary/aromatic N) is 2. The van der Waals surface area contributed by atoms with E-state index in [-0.39, 0.29) is 5.91 Å². The van der Waals surface area contributed by atoms with Crippen LogP contribution in [0.3, 0.4) is 0 Å². The molecule has 1 N–H and O–H groups in total. The van der Waals surface area contributed by atoms with Crippen LogP contribution in [-0.2, 0) is 22.4 Å². The van der Waals surface area contributed by atoms with Gasteiger partial charge in [-0.3, -0.25) is 4.79 Å². The lowest BCUT2D eigenvalue weighted by Crippen LogP contribution is -2.65. The predicted molar refractivity (Wildman–Crippen MR) is 127 cm³/mol. The van der Waals surface area contributed by atoms with Crippen molar-refractivity contribution in [3.05, 3.63) is 65.7 Å². The largest absolute Gasteiger partial charge is 0.444 e. The molecule has 0 spiro atoms. The molecule has 1 unspecified atom stereocenters. The number of para-hydroxylation sites is 1. The quantitative estimate of drug-likeness (QED) is 0.664. The molecular formula is C26H35N3O3. The Kier molecular flexibility index (Phi) is 7.24. The number of ether oxygens (including phenoxy) is 1. The van der Waals surface area contributed by atoms with E-state index in [1.165, 1.54) is 5.56 Å². The van der Waals surface area contributed by atoms with E-state index in [0.717, 1.165) is 11.3 Å². The van der Waals surface area contributed by atoms with E-state index in [1.54, 1.807) is 5.01 Å². The minimum atomic E-state index is -1.10. The molecule has 0 saturated heterocycles. The number of alkyl carbamates (subject to hydrolysis) is 1. The first-order chi connectivity index (χ1) is 15.2. The van der Waals surface area contributed by atoms with Crippen LogP contribution in [0.15, 0.2) is 54.6 Å². The summed E-state index contributed by atoms with van der Waals surface area (Å²) >= 11 is 0. The molecule has 1 atom stereocenters. The third-order valence-corrected chi connectivity index (χ3v) is 5.79. The Hall–Kier alpha value is -2.86. The van der Waals surface area contributed by atoms with Crippen molar-refractivity contribution >= 4 is 17.7 Å². The standard InChI is InChI=1S/C26H35N3O3/c1-6-28(7-2)29(22-15-9-8-10-16-22)23(30)26(27-24(31)32-25(3,4)5)18-17-20-13-11-12-14-21(20)19-26/h8-16H,6-7,17-19H2,1-5H3,(H,27,31). The molecule has 1 aliphatic rings. The molecule has 172 valence electrons. The maximum absolute atomic E-state index is 14.3. The minimum Gasteiger partial charge on any atom is -0.444 e. The lowest BCUT2D eigenvalue weighted by molar-refractivity contribution is -0.128. The topological polar surface area (TPSA) is 61.9 Å². The molecule has 6 heteroatoms. The summed E-state index contributed by atoms with van der Waals surface area (Å²) in [5, 5.41) is 6.73. The van der Waals surface area contributed by atoms with E-state index < -0.39 is 17.2 Å². The Morgan fingerprint density at radius 2 is 1.56 bits per heavy atom. The summed E-state index contributed by atoms with van der Waals surface area (Å²) in [6.45, 7) is 10.8. The fraction of sp³-hybridized carbons (Fsp3) is 0.462. The number of hydrogen-bond donors (Lipinski definition) is 1. The Balaban J connectivity index is 2.05. The number of carbonyl (C=O) groups is 2. The van der Waals surface area contributed by atoms with Crippen LogP contribution >= 0.6 is 0 Å². The van der Waals surface area contributed by atoms with Crippen LogP contribution in [0.1, 0.15) is 52.2 Å². The van der Waals surface area contributed by atoms with Crippen molar-refractivity contribution in [3.63, 3.8) is 0 Å². The van der Waals surface area contributed by atoms with Gasteiger partial charge in [-0.25, -0.2) is 14.8 Å². The molecule has 2 amide bonds. The van der Waals surface area contributed by atoms with Gasteiger partial charge in [0.1, 0.15) is 11.1 Å². The maximum atomic E-state index is 14.3. The molecule has 2 aromatic carbocycles. The predicted octanol–water partition coefficient (Wildman–Crippen LogP) is 4.73. The van der Waals surface area contributed by atoms with Gasteiger partial charge in [0.05, 0.1) is 5.69 Å². The molecule has 2 aromatic rings. The van der Waals surface area contributed by atoms with Crippen LogP contribution in [0.25, 0.3) is 0 Å². The normalized spacial score (nSPS) is 18.1. The van der Waals surface area contributed by atoms with Gasteiger partial charge in [-0.05, 0) is 56.9 Å². The van der Waals surface area contributed by atoms with Crippen molar-refractivity contribution in [3.8, 4) is 0 Å². The Bertz CT molecular complexity index is 935. The fourth-order valence-corrected chi connectivity index (χ4v) is 4.26. The summed E-state index contributed by atoms with van der Waals surface area (Å²) in [6, 6.07) is 17.7. The van der Waals surface area contributed by atoms with Gasteiger partial charge in [0.15, 0.2) is 0 Å². The number of benzene rings is 2. The van der Waals surface area contributed by atoms with E-state index in [9.17, 15) is 9.59 Å². The van der Waals surface area contributed by atoms with Gasteiger partial charge in [-0.2, -0.15) is 0 Å². The van der Waals surface area contributed by atoms with Gasteiger partial charge in [0.2, 0.25) is 0 Å². The summed E-state index contributed by atoms with van der Waals surface area (Å²) in [5.74, 6) is -0.146. The SMILES string of the molecule is CCN(CC)N(C(=O)C1(NC(=O)OC(C)(C)C)CCc2ccccc2C1)c1ccccc1. The number of fused-ring (bicyclic) bond motifs is 1. The maximum Gasteiger partial charge on any atom is 0.408 e. The van der Waals surface area contributed by atoms with Gasteiger partial charge in [0.25, 0.3) is 5.91 Å². The molecule has 0 saturated carbocycles. The van der Waals surface area contributed by atoms with E-state index in [2.05, 4.69) is 11.4 Å². The summed E-state index contributed by atoms with van der Waals surface area (Å²) in [7, 11) is 0. The third kappa shape index (κ3) is 5.30. The molecule has 0 aliphatic heterocycles. The highest BCUT2D eigenvalue weighted by atomic mass is 16.6. The van der Waals surface area contributed by atoms with Crippen LogP contribution in [0, 0.1) is 0 Å². The van der Waals surface area contributed by atoms with Crippen molar-refractivity contribution in [2.75, 3.05) is 18.1 Å². The number of hydrazine groups is 1. The average Bonchev–Trinajstić information content (AvgIpc) is 2.76. The molecule has 0 bridgehead atoms. The van der Waals surface area contributed by atoms with Crippen molar-refractivity contribution in [2.24, 2.45) is 0 Å². The highest BCUT2D eigenvalue weighted by Crippen LogP contribution is 2.33. The molecule has 32 heavy (non-hydrogen) atoms. The fourth-order valence-electron chi connectivity index (χ4n) is 4.26. The zero-order valence-electron chi connectivity index (χ0n) is 19.9. The minimum absolute atomic E-state index is 0.146. The summed E-state index contributed by atoms with van der Waals surface area (Å²) in [4.78, 5) is 27.2. The van der Waals surface area contributed by atoms with Crippen molar-refractivity contribution in [2.45, 2.75) is 65.0 Å². The molecule has 0 radical (unpaired) electrons. The zero-order chi connectivity index (χ0) is 23.4. The van der Waals surface area contributed by atoms with Gasteiger partial charge in [0, 0.05) is 19.5 Å². The first-order valence-electron chi connectivity index (χ1n) is 11.4. The highest BCUT2D eigenvalue weighted by molar-refractivity contribution is 6.01. The summed E-state index contributed by atoms with van der Waals surface area (Å²) < 4.78 is 5.57. The molecule has 0 heterocycles. The van der Waals surface area contributed by atoms with Crippen LogP contribution in [-0.4, -0.2) is 41.2 Å². The number of hydrogen-bond acceptors (Lipinski definition) is 4.